The van der Waals surface area contributed by atoms with Crippen LogP contribution in [0.1, 0.15) is 12.5 Å². The van der Waals surface area contributed by atoms with E-state index in [0.29, 0.717) is 35.8 Å². The second-order valence-electron chi connectivity index (χ2n) is 7.27. The fourth-order valence-corrected chi connectivity index (χ4v) is 3.51. The van der Waals surface area contributed by atoms with Crippen LogP contribution in [0.4, 0.5) is 0 Å². The lowest BCUT2D eigenvalue weighted by atomic mass is 10.1. The molecule has 2 aromatic carbocycles. The van der Waals surface area contributed by atoms with Crippen LogP contribution in [0.25, 0.3) is 16.8 Å². The maximum absolute atomic E-state index is 12.9. The molecule has 0 bridgehead atoms. The number of benzene rings is 2. The molecule has 0 radical (unpaired) electrons. The van der Waals surface area contributed by atoms with Crippen molar-refractivity contribution in [2.75, 3.05) is 13.2 Å². The largest absolute Gasteiger partial charge is 0.494 e. The lowest BCUT2D eigenvalue weighted by Crippen LogP contribution is -2.33. The first-order valence-electron chi connectivity index (χ1n) is 10.4. The Morgan fingerprint density at radius 2 is 1.84 bits per heavy atom. The maximum Gasteiger partial charge on any atom is 0.277 e. The molecule has 1 amide bonds. The quantitative estimate of drug-likeness (QED) is 0.445. The van der Waals surface area contributed by atoms with Crippen molar-refractivity contribution in [3.05, 3.63) is 87.9 Å². The minimum Gasteiger partial charge on any atom is -0.494 e. The van der Waals surface area contributed by atoms with Crippen LogP contribution >= 0.6 is 11.6 Å². The van der Waals surface area contributed by atoms with Crippen LogP contribution in [-0.4, -0.2) is 33.2 Å². The van der Waals surface area contributed by atoms with Gasteiger partial charge in [0.15, 0.2) is 0 Å². The van der Waals surface area contributed by atoms with Gasteiger partial charge in [0.1, 0.15) is 17.8 Å². The third-order valence-electron chi connectivity index (χ3n) is 5.03. The van der Waals surface area contributed by atoms with Crippen molar-refractivity contribution in [1.29, 1.82) is 0 Å². The molecule has 2 aromatic heterocycles. The molecule has 4 aromatic rings. The third kappa shape index (κ3) is 5.00. The fourth-order valence-electron chi connectivity index (χ4n) is 3.39. The maximum atomic E-state index is 12.9. The van der Waals surface area contributed by atoms with E-state index >= 15 is 0 Å². The molecule has 1 N–H and O–H groups in total. The van der Waals surface area contributed by atoms with Gasteiger partial charge in [-0.05, 0) is 61.4 Å². The predicted molar refractivity (Wildman–Crippen MR) is 124 cm³/mol. The highest BCUT2D eigenvalue weighted by atomic mass is 35.5. The van der Waals surface area contributed by atoms with E-state index in [4.69, 9.17) is 16.3 Å². The van der Waals surface area contributed by atoms with Crippen molar-refractivity contribution >= 4 is 23.0 Å². The third-order valence-corrected chi connectivity index (χ3v) is 5.28. The Morgan fingerprint density at radius 3 is 2.56 bits per heavy atom. The van der Waals surface area contributed by atoms with Gasteiger partial charge in [-0.3, -0.25) is 9.59 Å². The summed E-state index contributed by atoms with van der Waals surface area (Å²) in [7, 11) is 0. The van der Waals surface area contributed by atoms with Gasteiger partial charge in [0.2, 0.25) is 5.91 Å². The van der Waals surface area contributed by atoms with Crippen molar-refractivity contribution in [3.63, 3.8) is 0 Å². The standard InChI is InChI=1S/C24H23ClN4O3/c1-2-32-20-9-5-18(6-10-20)21-15-22-24(31)28(13-14-29(22)27-21)16-23(30)26-12-11-17-3-7-19(25)8-4-17/h3-10,13-15H,2,11-12,16H2,1H3,(H,26,30). The number of carbonyl (C=O) groups is 1. The van der Waals surface area contributed by atoms with Crippen LogP contribution in [0.2, 0.25) is 5.02 Å². The summed E-state index contributed by atoms with van der Waals surface area (Å²) in [5.41, 5.74) is 2.77. The molecule has 7 nitrogen and oxygen atoms in total. The van der Waals surface area contributed by atoms with Crippen LogP contribution < -0.4 is 15.6 Å². The molecule has 0 spiro atoms. The van der Waals surface area contributed by atoms with E-state index in [1.54, 1.807) is 18.5 Å². The number of amides is 1. The Balaban J connectivity index is 1.43. The Kier molecular flexibility index (Phi) is 6.56. The topological polar surface area (TPSA) is 77.6 Å². The number of aromatic nitrogens is 3. The lowest BCUT2D eigenvalue weighted by molar-refractivity contribution is -0.121. The molecule has 0 fully saturated rings. The van der Waals surface area contributed by atoms with Crippen molar-refractivity contribution < 1.29 is 9.53 Å². The minimum absolute atomic E-state index is 0.0560. The van der Waals surface area contributed by atoms with Gasteiger partial charge in [0.25, 0.3) is 5.56 Å². The average Bonchev–Trinajstić information content (AvgIpc) is 3.23. The number of halogens is 1. The molecule has 0 saturated carbocycles. The molecule has 0 saturated heterocycles. The Labute approximate surface area is 190 Å². The number of nitrogens with one attached hydrogen (secondary N) is 1. The smallest absolute Gasteiger partial charge is 0.277 e. The number of hydrogen-bond acceptors (Lipinski definition) is 4. The number of rotatable bonds is 8. The number of ether oxygens (including phenoxy) is 1. The fraction of sp³-hybridized carbons (Fsp3) is 0.208. The van der Waals surface area contributed by atoms with Crippen LogP contribution in [0.3, 0.4) is 0 Å². The molecule has 2 heterocycles. The summed E-state index contributed by atoms with van der Waals surface area (Å²) >= 11 is 5.88. The van der Waals surface area contributed by atoms with Gasteiger partial charge < -0.3 is 14.6 Å². The molecular formula is C24H23ClN4O3. The Bertz CT molecular complexity index is 1280. The summed E-state index contributed by atoms with van der Waals surface area (Å²) in [6, 6.07) is 16.8. The van der Waals surface area contributed by atoms with Gasteiger partial charge in [-0.25, -0.2) is 4.52 Å². The number of hydrogen-bond donors (Lipinski definition) is 1. The molecule has 0 atom stereocenters. The first kappa shape index (κ1) is 21.6. The van der Waals surface area contributed by atoms with E-state index in [1.165, 1.54) is 9.08 Å². The highest BCUT2D eigenvalue weighted by Gasteiger charge is 2.11. The molecular weight excluding hydrogens is 428 g/mol. The second kappa shape index (κ2) is 9.70. The summed E-state index contributed by atoms with van der Waals surface area (Å²) in [6.45, 7) is 2.95. The molecule has 32 heavy (non-hydrogen) atoms. The number of carbonyl (C=O) groups excluding carboxylic acids is 1. The van der Waals surface area contributed by atoms with E-state index in [0.717, 1.165) is 16.9 Å². The van der Waals surface area contributed by atoms with Gasteiger partial charge in [0.05, 0.1) is 12.3 Å². The summed E-state index contributed by atoms with van der Waals surface area (Å²) < 4.78 is 8.38. The average molecular weight is 451 g/mol. The SMILES string of the molecule is CCOc1ccc(-c2cc3c(=O)n(CC(=O)NCCc4ccc(Cl)cc4)ccn3n2)cc1. The van der Waals surface area contributed by atoms with Crippen molar-refractivity contribution in [2.24, 2.45) is 0 Å². The van der Waals surface area contributed by atoms with Gasteiger partial charge in [-0.2, -0.15) is 5.10 Å². The van der Waals surface area contributed by atoms with Gasteiger partial charge in [-0.15, -0.1) is 0 Å². The monoisotopic (exact) mass is 450 g/mol. The van der Waals surface area contributed by atoms with E-state index in [1.807, 2.05) is 55.5 Å². The van der Waals surface area contributed by atoms with Gasteiger partial charge in [0, 0.05) is 29.5 Å². The lowest BCUT2D eigenvalue weighted by Gasteiger charge is -2.08. The summed E-state index contributed by atoms with van der Waals surface area (Å²) in [6.07, 6.45) is 3.93. The summed E-state index contributed by atoms with van der Waals surface area (Å²) in [4.78, 5) is 25.2. The van der Waals surface area contributed by atoms with Crippen LogP contribution in [0.15, 0.2) is 71.8 Å². The van der Waals surface area contributed by atoms with Crippen molar-refractivity contribution in [2.45, 2.75) is 19.9 Å². The molecule has 0 aliphatic rings. The molecule has 4 rings (SSSR count). The van der Waals surface area contributed by atoms with Crippen LogP contribution in [0.5, 0.6) is 5.75 Å². The second-order valence-corrected chi connectivity index (χ2v) is 7.71. The Morgan fingerprint density at radius 1 is 1.09 bits per heavy atom. The first-order chi connectivity index (χ1) is 15.5. The molecule has 8 heteroatoms. The summed E-state index contributed by atoms with van der Waals surface area (Å²) in [5.74, 6) is 0.557. The zero-order valence-corrected chi connectivity index (χ0v) is 18.4. The summed E-state index contributed by atoms with van der Waals surface area (Å²) in [5, 5.41) is 8.01. The molecule has 0 unspecified atom stereocenters. The van der Waals surface area contributed by atoms with Gasteiger partial charge >= 0.3 is 0 Å². The van der Waals surface area contributed by atoms with Crippen LogP contribution in [0, 0.1) is 0 Å². The molecule has 0 aliphatic carbocycles. The normalized spacial score (nSPS) is 10.9. The highest BCUT2D eigenvalue weighted by molar-refractivity contribution is 6.30. The van der Waals surface area contributed by atoms with E-state index in [-0.39, 0.29) is 18.0 Å². The molecule has 0 aliphatic heterocycles. The van der Waals surface area contributed by atoms with E-state index in [2.05, 4.69) is 10.4 Å². The van der Waals surface area contributed by atoms with Crippen molar-refractivity contribution in [1.82, 2.24) is 19.5 Å². The van der Waals surface area contributed by atoms with E-state index < -0.39 is 0 Å². The van der Waals surface area contributed by atoms with Crippen molar-refractivity contribution in [3.8, 4) is 17.0 Å². The first-order valence-corrected chi connectivity index (χ1v) is 10.7. The van der Waals surface area contributed by atoms with E-state index in [9.17, 15) is 9.59 Å². The number of nitrogens with zero attached hydrogens (tertiary/aromatic N) is 3. The number of fused-ring (bicyclic) bond motifs is 1. The molecule has 164 valence electrons. The zero-order valence-electron chi connectivity index (χ0n) is 17.6. The Hall–Kier alpha value is -3.58. The predicted octanol–water partition coefficient (Wildman–Crippen LogP) is 3.57. The zero-order chi connectivity index (χ0) is 22.5. The van der Waals surface area contributed by atoms with Gasteiger partial charge in [-0.1, -0.05) is 23.7 Å². The highest BCUT2D eigenvalue weighted by Crippen LogP contribution is 2.21. The van der Waals surface area contributed by atoms with Crippen LogP contribution in [-0.2, 0) is 17.8 Å². The minimum atomic E-state index is -0.273.